The molecule has 0 spiro atoms. The number of nitrogens with zero attached hydrogens (tertiary/aromatic N) is 5. The number of aliphatic carboxylic acids is 1. The van der Waals surface area contributed by atoms with E-state index in [4.69, 9.17) is 15.6 Å². The minimum atomic E-state index is -5.08. The van der Waals surface area contributed by atoms with Crippen LogP contribution in [0.4, 0.5) is 43.8 Å². The highest BCUT2D eigenvalue weighted by molar-refractivity contribution is 5.90. The van der Waals surface area contributed by atoms with E-state index in [0.29, 0.717) is 36.0 Å². The molecule has 1 aliphatic heterocycles. The first kappa shape index (κ1) is 29.7. The Morgan fingerprint density at radius 3 is 2.13 bits per heavy atom. The molecule has 3 aromatic rings. The number of piperazine rings is 1. The molecule has 0 saturated carbocycles. The number of nitrogens with two attached hydrogens (primary N) is 1. The Labute approximate surface area is 219 Å². The number of hydrogen-bond acceptors (Lipinski definition) is 8. The predicted molar refractivity (Wildman–Crippen MR) is 134 cm³/mol. The Balaban J connectivity index is 0.000000532. The maximum Gasteiger partial charge on any atom is 0.490 e. The fraction of sp³-hybridized carbons (Fsp3) is 0.417. The van der Waals surface area contributed by atoms with Crippen LogP contribution in [-0.2, 0) is 11.0 Å². The van der Waals surface area contributed by atoms with E-state index in [2.05, 4.69) is 39.0 Å². The molecule has 0 aliphatic carbocycles. The van der Waals surface area contributed by atoms with Gasteiger partial charge in [0.2, 0.25) is 5.95 Å². The molecule has 4 N–H and O–H groups in total. The summed E-state index contributed by atoms with van der Waals surface area (Å²) in [6.07, 6.45) is -9.61. The molecule has 9 nitrogen and oxygen atoms in total. The van der Waals surface area contributed by atoms with Crippen molar-refractivity contribution in [2.24, 2.45) is 0 Å². The third-order valence-corrected chi connectivity index (χ3v) is 6.05. The molecule has 15 heteroatoms. The summed E-state index contributed by atoms with van der Waals surface area (Å²) in [6, 6.07) is 7.94. The van der Waals surface area contributed by atoms with Crippen molar-refractivity contribution >= 4 is 34.5 Å². The number of aromatic nitrogens is 3. The number of carbonyl (C=O) groups is 1. The second-order valence-corrected chi connectivity index (χ2v) is 8.87. The normalized spacial score (nSPS) is 14.8. The van der Waals surface area contributed by atoms with Crippen molar-refractivity contribution in [2.75, 3.05) is 49.2 Å². The summed E-state index contributed by atoms with van der Waals surface area (Å²) in [5, 5.41) is 10.6. The highest BCUT2D eigenvalue weighted by atomic mass is 19.4. The second-order valence-electron chi connectivity index (χ2n) is 8.87. The lowest BCUT2D eigenvalue weighted by atomic mass is 9.99. The molecule has 0 bridgehead atoms. The third kappa shape index (κ3) is 6.96. The number of anilines is 3. The van der Waals surface area contributed by atoms with Crippen LogP contribution in [0.15, 0.2) is 30.3 Å². The van der Waals surface area contributed by atoms with Crippen molar-refractivity contribution in [3.63, 3.8) is 0 Å². The Morgan fingerprint density at radius 1 is 1.00 bits per heavy atom. The second kappa shape index (κ2) is 11.5. The van der Waals surface area contributed by atoms with Gasteiger partial charge in [0.15, 0.2) is 5.65 Å². The molecular weight excluding hydrogens is 532 g/mol. The lowest BCUT2D eigenvalue weighted by molar-refractivity contribution is -0.192. The van der Waals surface area contributed by atoms with Crippen LogP contribution >= 0.6 is 0 Å². The monoisotopic (exact) mass is 559 g/mol. The third-order valence-electron chi connectivity index (χ3n) is 6.05. The lowest BCUT2D eigenvalue weighted by Crippen LogP contribution is -2.49. The topological polar surface area (TPSA) is 120 Å². The number of hydrogen-bond donors (Lipinski definition) is 3. The first-order valence-electron chi connectivity index (χ1n) is 11.7. The minimum Gasteiger partial charge on any atom is -0.475 e. The quantitative estimate of drug-likeness (QED) is 0.397. The van der Waals surface area contributed by atoms with Gasteiger partial charge in [-0.15, -0.1) is 0 Å². The van der Waals surface area contributed by atoms with E-state index in [1.807, 2.05) is 4.90 Å². The maximum atomic E-state index is 14.0. The fourth-order valence-corrected chi connectivity index (χ4v) is 4.14. The maximum absolute atomic E-state index is 14.0. The van der Waals surface area contributed by atoms with E-state index in [1.165, 1.54) is 6.07 Å². The minimum absolute atomic E-state index is 0.000590. The molecule has 0 radical (unpaired) electrons. The van der Waals surface area contributed by atoms with E-state index >= 15 is 0 Å². The van der Waals surface area contributed by atoms with Crippen molar-refractivity contribution in [2.45, 2.75) is 32.2 Å². The Morgan fingerprint density at radius 2 is 1.62 bits per heavy atom. The number of halogens is 6. The molecule has 212 valence electrons. The first-order chi connectivity index (χ1) is 18.1. The standard InChI is InChI=1S/C22H26F3N7.C2HF3O2/c1-13(2)31-9-11-32(12-10-31)17-6-4-5-15(22(23,24)25)18(17)16-8-7-14-19(27-3)29-21(26)30-20(14)28-16;3-2(4,5)1(6)7/h4-8,13H,9-12H2,1-3H3,(H3,26,27,28,29,30);(H,6,7). The van der Waals surface area contributed by atoms with Crippen LogP contribution in [0.2, 0.25) is 0 Å². The zero-order valence-electron chi connectivity index (χ0n) is 21.2. The van der Waals surface area contributed by atoms with Gasteiger partial charge in [0, 0.05) is 50.5 Å². The number of benzene rings is 1. The van der Waals surface area contributed by atoms with Crippen molar-refractivity contribution in [3.8, 4) is 11.3 Å². The van der Waals surface area contributed by atoms with Gasteiger partial charge in [-0.05, 0) is 38.1 Å². The van der Waals surface area contributed by atoms with Crippen molar-refractivity contribution in [1.29, 1.82) is 0 Å². The van der Waals surface area contributed by atoms with Crippen molar-refractivity contribution in [1.82, 2.24) is 19.9 Å². The van der Waals surface area contributed by atoms with E-state index in [9.17, 15) is 26.3 Å². The van der Waals surface area contributed by atoms with Crippen LogP contribution in [0.25, 0.3) is 22.3 Å². The van der Waals surface area contributed by atoms with Crippen LogP contribution in [0.3, 0.4) is 0 Å². The summed E-state index contributed by atoms with van der Waals surface area (Å²) in [6.45, 7) is 7.09. The van der Waals surface area contributed by atoms with Gasteiger partial charge in [0.1, 0.15) is 5.82 Å². The zero-order chi connectivity index (χ0) is 29.1. The van der Waals surface area contributed by atoms with Gasteiger partial charge in [-0.2, -0.15) is 36.3 Å². The Kier molecular flexibility index (Phi) is 8.73. The van der Waals surface area contributed by atoms with E-state index in [-0.39, 0.29) is 22.9 Å². The first-order valence-corrected chi connectivity index (χ1v) is 11.7. The number of nitrogen functional groups attached to an aromatic ring is 1. The number of alkyl halides is 6. The van der Waals surface area contributed by atoms with E-state index in [1.54, 1.807) is 25.2 Å². The molecule has 0 amide bonds. The van der Waals surface area contributed by atoms with Crippen LogP contribution < -0.4 is 16.0 Å². The summed E-state index contributed by atoms with van der Waals surface area (Å²) < 4.78 is 73.8. The summed E-state index contributed by atoms with van der Waals surface area (Å²) in [5.41, 5.74) is 6.08. The van der Waals surface area contributed by atoms with Crippen LogP contribution in [0.5, 0.6) is 0 Å². The summed E-state index contributed by atoms with van der Waals surface area (Å²) >= 11 is 0. The van der Waals surface area contributed by atoms with Crippen LogP contribution in [0, 0.1) is 0 Å². The molecule has 1 saturated heterocycles. The van der Waals surface area contributed by atoms with Crippen LogP contribution in [-0.4, -0.2) is 76.4 Å². The Bertz CT molecular complexity index is 1320. The molecule has 1 aromatic carbocycles. The SMILES string of the molecule is CNc1nc(N)nc2nc(-c3c(N4CCN(C(C)C)CC4)cccc3C(F)(F)F)ccc12.O=C(O)C(F)(F)F. The molecule has 0 atom stereocenters. The number of fused-ring (bicyclic) bond motifs is 1. The lowest BCUT2D eigenvalue weighted by Gasteiger charge is -2.39. The average Bonchev–Trinajstić information content (AvgIpc) is 2.86. The number of carboxylic acids is 1. The van der Waals surface area contributed by atoms with Crippen molar-refractivity contribution in [3.05, 3.63) is 35.9 Å². The number of nitrogens with one attached hydrogen (secondary N) is 1. The largest absolute Gasteiger partial charge is 0.490 e. The highest BCUT2D eigenvalue weighted by Crippen LogP contribution is 2.42. The van der Waals surface area contributed by atoms with Gasteiger partial charge >= 0.3 is 18.3 Å². The van der Waals surface area contributed by atoms with Gasteiger partial charge in [0.05, 0.1) is 16.6 Å². The number of rotatable bonds is 4. The molecule has 4 rings (SSSR count). The van der Waals surface area contributed by atoms with E-state index in [0.717, 1.165) is 19.2 Å². The fourth-order valence-electron chi connectivity index (χ4n) is 4.14. The van der Waals surface area contributed by atoms with Crippen LogP contribution in [0.1, 0.15) is 19.4 Å². The summed E-state index contributed by atoms with van der Waals surface area (Å²) in [7, 11) is 1.68. The molecule has 1 fully saturated rings. The van der Waals surface area contributed by atoms with Crippen molar-refractivity contribution < 1.29 is 36.2 Å². The molecular formula is C24H27F6N7O2. The van der Waals surface area contributed by atoms with Gasteiger partial charge in [-0.1, -0.05) is 6.07 Å². The molecule has 1 aliphatic rings. The zero-order valence-corrected chi connectivity index (χ0v) is 21.2. The number of carboxylic acid groups (broad SMARTS) is 1. The van der Waals surface area contributed by atoms with Gasteiger partial charge in [0.25, 0.3) is 0 Å². The van der Waals surface area contributed by atoms with E-state index < -0.39 is 23.9 Å². The average molecular weight is 560 g/mol. The summed E-state index contributed by atoms with van der Waals surface area (Å²) in [5.74, 6) is -2.28. The van der Waals surface area contributed by atoms with Gasteiger partial charge in [-0.3, -0.25) is 4.90 Å². The highest BCUT2D eigenvalue weighted by Gasteiger charge is 2.38. The van der Waals surface area contributed by atoms with Gasteiger partial charge < -0.3 is 21.1 Å². The molecule has 0 unspecified atom stereocenters. The van der Waals surface area contributed by atoms with Gasteiger partial charge in [-0.25, -0.2) is 9.78 Å². The number of pyridine rings is 1. The molecule has 39 heavy (non-hydrogen) atoms. The predicted octanol–water partition coefficient (Wildman–Crippen LogP) is 4.50. The smallest absolute Gasteiger partial charge is 0.475 e. The summed E-state index contributed by atoms with van der Waals surface area (Å²) in [4.78, 5) is 26.0. The molecule has 2 aromatic heterocycles. The molecule has 3 heterocycles. The Hall–Kier alpha value is -3.88.